The van der Waals surface area contributed by atoms with Crippen LogP contribution in [0.4, 0.5) is 5.82 Å². The van der Waals surface area contributed by atoms with Crippen molar-refractivity contribution in [2.24, 2.45) is 0 Å². The second-order valence-corrected chi connectivity index (χ2v) is 5.99. The van der Waals surface area contributed by atoms with Crippen molar-refractivity contribution in [1.29, 1.82) is 0 Å². The molecule has 0 amide bonds. The Kier molecular flexibility index (Phi) is 4.08. The Hall–Kier alpha value is -1.65. The highest BCUT2D eigenvalue weighted by atomic mass is 16.3. The lowest BCUT2D eigenvalue weighted by Crippen LogP contribution is -2.42. The number of piperidine rings is 1. The van der Waals surface area contributed by atoms with E-state index in [1.165, 1.54) is 12.8 Å². The molecule has 1 fully saturated rings. The molecule has 112 valence electrons. The lowest BCUT2D eigenvalue weighted by atomic mass is 10.0. The molecular weight excluding hydrogens is 262 g/mol. The van der Waals surface area contributed by atoms with E-state index in [1.807, 2.05) is 18.3 Å². The average molecular weight is 285 g/mol. The van der Waals surface area contributed by atoms with Crippen LogP contribution in [0, 0.1) is 0 Å². The number of aliphatic hydroxyl groups is 1. The molecule has 1 aliphatic rings. The molecule has 1 aromatic carbocycles. The van der Waals surface area contributed by atoms with E-state index >= 15 is 0 Å². The van der Waals surface area contributed by atoms with Gasteiger partial charge in [-0.3, -0.25) is 0 Å². The van der Waals surface area contributed by atoms with Gasteiger partial charge in [0.05, 0.1) is 6.61 Å². The van der Waals surface area contributed by atoms with Gasteiger partial charge in [0.15, 0.2) is 0 Å². The fraction of sp³-hybridized carbons (Fsp3) is 0.471. The van der Waals surface area contributed by atoms with Crippen LogP contribution in [0.25, 0.3) is 10.8 Å². The molecule has 0 bridgehead atoms. The van der Waals surface area contributed by atoms with Gasteiger partial charge in [0.1, 0.15) is 5.82 Å². The molecule has 0 radical (unpaired) electrons. The van der Waals surface area contributed by atoms with Crippen molar-refractivity contribution in [1.82, 2.24) is 9.88 Å². The summed E-state index contributed by atoms with van der Waals surface area (Å²) in [5.41, 5.74) is 0.900. The number of hydrogen-bond donors (Lipinski definition) is 1. The van der Waals surface area contributed by atoms with Gasteiger partial charge in [0.25, 0.3) is 0 Å². The number of aliphatic hydroxyl groups excluding tert-OH is 1. The molecule has 2 heterocycles. The van der Waals surface area contributed by atoms with Gasteiger partial charge in [-0.2, -0.15) is 0 Å². The molecule has 0 saturated carbocycles. The lowest BCUT2D eigenvalue weighted by molar-refractivity contribution is 0.249. The maximum Gasteiger partial charge on any atom is 0.136 e. The summed E-state index contributed by atoms with van der Waals surface area (Å²) < 4.78 is 0. The molecule has 1 N–H and O–H groups in total. The minimum absolute atomic E-state index is 0.0382. The second-order valence-electron chi connectivity index (χ2n) is 5.99. The minimum Gasteiger partial charge on any atom is -0.392 e. The third-order valence-electron chi connectivity index (χ3n) is 4.52. The number of aromatic nitrogens is 1. The van der Waals surface area contributed by atoms with Crippen LogP contribution in [-0.4, -0.2) is 48.2 Å². The first-order chi connectivity index (χ1) is 10.2. The van der Waals surface area contributed by atoms with Gasteiger partial charge in [-0.15, -0.1) is 0 Å². The van der Waals surface area contributed by atoms with E-state index in [0.29, 0.717) is 6.04 Å². The largest absolute Gasteiger partial charge is 0.392 e. The Morgan fingerprint density at radius 1 is 1.19 bits per heavy atom. The van der Waals surface area contributed by atoms with Crippen LogP contribution in [0.5, 0.6) is 0 Å². The van der Waals surface area contributed by atoms with Gasteiger partial charge in [-0.25, -0.2) is 4.98 Å². The highest BCUT2D eigenvalue weighted by molar-refractivity contribution is 5.94. The number of benzene rings is 1. The molecular formula is C17H23N3O. The number of nitrogens with zero attached hydrogens (tertiary/aromatic N) is 3. The van der Waals surface area contributed by atoms with E-state index in [0.717, 1.165) is 35.2 Å². The highest BCUT2D eigenvalue weighted by Gasteiger charge is 2.22. The zero-order valence-corrected chi connectivity index (χ0v) is 12.8. The second kappa shape index (κ2) is 6.00. The fourth-order valence-electron chi connectivity index (χ4n) is 3.21. The van der Waals surface area contributed by atoms with E-state index in [9.17, 15) is 5.11 Å². The molecule has 2 aromatic rings. The van der Waals surface area contributed by atoms with Gasteiger partial charge in [-0.05, 0) is 32.3 Å². The molecule has 1 aromatic heterocycles. The van der Waals surface area contributed by atoms with Gasteiger partial charge in [0.2, 0.25) is 0 Å². The van der Waals surface area contributed by atoms with E-state index in [2.05, 4.69) is 41.0 Å². The van der Waals surface area contributed by atoms with Crippen LogP contribution in [0.3, 0.4) is 0 Å². The third kappa shape index (κ3) is 2.74. The Balaban J connectivity index is 1.92. The Labute approximate surface area is 126 Å². The topological polar surface area (TPSA) is 39.6 Å². The molecule has 4 heteroatoms. The van der Waals surface area contributed by atoms with Crippen molar-refractivity contribution in [3.05, 3.63) is 36.0 Å². The maximum absolute atomic E-state index is 9.47. The SMILES string of the molecule is CN(C)C1CCN(c2ncc(CO)c3ccccc23)CC1. The van der Waals surface area contributed by atoms with Crippen molar-refractivity contribution in [2.75, 3.05) is 32.1 Å². The minimum atomic E-state index is 0.0382. The predicted molar refractivity (Wildman–Crippen MR) is 86.6 cm³/mol. The van der Waals surface area contributed by atoms with Crippen molar-refractivity contribution in [3.63, 3.8) is 0 Å². The van der Waals surface area contributed by atoms with Crippen LogP contribution < -0.4 is 4.90 Å². The molecule has 4 nitrogen and oxygen atoms in total. The normalized spacial score (nSPS) is 16.9. The molecule has 0 spiro atoms. The van der Waals surface area contributed by atoms with Crippen molar-refractivity contribution >= 4 is 16.6 Å². The lowest BCUT2D eigenvalue weighted by Gasteiger charge is -2.36. The van der Waals surface area contributed by atoms with Crippen molar-refractivity contribution in [2.45, 2.75) is 25.5 Å². The number of rotatable bonds is 3. The third-order valence-corrected chi connectivity index (χ3v) is 4.52. The number of pyridine rings is 1. The Morgan fingerprint density at radius 2 is 1.86 bits per heavy atom. The average Bonchev–Trinajstić information content (AvgIpc) is 2.54. The van der Waals surface area contributed by atoms with Gasteiger partial charge in [0, 0.05) is 36.3 Å². The zero-order chi connectivity index (χ0) is 14.8. The molecule has 1 aliphatic heterocycles. The highest BCUT2D eigenvalue weighted by Crippen LogP contribution is 2.29. The van der Waals surface area contributed by atoms with E-state index in [1.54, 1.807) is 0 Å². The van der Waals surface area contributed by atoms with Gasteiger partial charge >= 0.3 is 0 Å². The van der Waals surface area contributed by atoms with E-state index < -0.39 is 0 Å². The Morgan fingerprint density at radius 3 is 2.48 bits per heavy atom. The summed E-state index contributed by atoms with van der Waals surface area (Å²) in [6.07, 6.45) is 4.16. The van der Waals surface area contributed by atoms with E-state index in [4.69, 9.17) is 0 Å². The molecule has 0 atom stereocenters. The first kappa shape index (κ1) is 14.3. The first-order valence-electron chi connectivity index (χ1n) is 7.59. The van der Waals surface area contributed by atoms with Gasteiger partial charge in [-0.1, -0.05) is 24.3 Å². The summed E-state index contributed by atoms with van der Waals surface area (Å²) in [7, 11) is 4.31. The van der Waals surface area contributed by atoms with Crippen LogP contribution in [-0.2, 0) is 6.61 Å². The summed E-state index contributed by atoms with van der Waals surface area (Å²) in [6.45, 7) is 2.12. The van der Waals surface area contributed by atoms with E-state index in [-0.39, 0.29) is 6.61 Å². The number of hydrogen-bond acceptors (Lipinski definition) is 4. The molecule has 0 aliphatic carbocycles. The standard InChI is InChI=1S/C17H23N3O/c1-19(2)14-7-9-20(10-8-14)17-16-6-4-3-5-15(16)13(12-21)11-18-17/h3-6,11,14,21H,7-10,12H2,1-2H3. The van der Waals surface area contributed by atoms with Crippen molar-refractivity contribution in [3.8, 4) is 0 Å². The summed E-state index contributed by atoms with van der Waals surface area (Å²) >= 11 is 0. The summed E-state index contributed by atoms with van der Waals surface area (Å²) in [6, 6.07) is 8.90. The molecule has 1 saturated heterocycles. The monoisotopic (exact) mass is 285 g/mol. The first-order valence-corrected chi connectivity index (χ1v) is 7.59. The quantitative estimate of drug-likeness (QED) is 0.939. The summed E-state index contributed by atoms with van der Waals surface area (Å²) in [5, 5.41) is 11.7. The summed E-state index contributed by atoms with van der Waals surface area (Å²) in [4.78, 5) is 9.32. The predicted octanol–water partition coefficient (Wildman–Crippen LogP) is 2.26. The van der Waals surface area contributed by atoms with Crippen molar-refractivity contribution < 1.29 is 5.11 Å². The fourth-order valence-corrected chi connectivity index (χ4v) is 3.21. The van der Waals surface area contributed by atoms with Crippen LogP contribution in [0.2, 0.25) is 0 Å². The van der Waals surface area contributed by atoms with Crippen LogP contribution in [0.15, 0.2) is 30.5 Å². The maximum atomic E-state index is 9.47. The molecule has 3 rings (SSSR count). The molecule has 21 heavy (non-hydrogen) atoms. The number of anilines is 1. The number of fused-ring (bicyclic) bond motifs is 1. The smallest absolute Gasteiger partial charge is 0.136 e. The Bertz CT molecular complexity index is 618. The van der Waals surface area contributed by atoms with Crippen LogP contribution >= 0.6 is 0 Å². The molecule has 0 unspecified atom stereocenters. The summed E-state index contributed by atoms with van der Waals surface area (Å²) in [5.74, 6) is 1.06. The van der Waals surface area contributed by atoms with Gasteiger partial charge < -0.3 is 14.9 Å². The van der Waals surface area contributed by atoms with Crippen LogP contribution in [0.1, 0.15) is 18.4 Å². The zero-order valence-electron chi connectivity index (χ0n) is 12.8.